The Morgan fingerprint density at radius 3 is 2.50 bits per heavy atom. The molecule has 1 unspecified atom stereocenters. The molecule has 0 aliphatic rings. The van der Waals surface area contributed by atoms with Gasteiger partial charge in [0.25, 0.3) is 0 Å². The van der Waals surface area contributed by atoms with Crippen LogP contribution in [0.3, 0.4) is 0 Å². The number of rotatable bonds is 4. The van der Waals surface area contributed by atoms with E-state index in [-0.39, 0.29) is 0 Å². The fraction of sp³-hybridized carbons (Fsp3) is 0.231. The number of halogens is 3. The molecule has 1 atom stereocenters. The highest BCUT2D eigenvalue weighted by molar-refractivity contribution is 9.11. The van der Waals surface area contributed by atoms with Crippen LogP contribution in [0.4, 0.5) is 0 Å². The van der Waals surface area contributed by atoms with Crippen molar-refractivity contribution in [1.82, 2.24) is 5.32 Å². The number of thiophene rings is 1. The number of benzene rings is 1. The number of likely N-dealkylation sites (N-methyl/N-ethyl adjacent to an activating group) is 1. The van der Waals surface area contributed by atoms with Gasteiger partial charge in [-0.3, -0.25) is 0 Å². The second-order valence-electron chi connectivity index (χ2n) is 3.92. The fourth-order valence-electron chi connectivity index (χ4n) is 1.81. The van der Waals surface area contributed by atoms with Crippen molar-refractivity contribution < 1.29 is 0 Å². The van der Waals surface area contributed by atoms with Crippen LogP contribution < -0.4 is 5.32 Å². The zero-order valence-electron chi connectivity index (χ0n) is 9.71. The molecule has 0 aliphatic carbocycles. The van der Waals surface area contributed by atoms with E-state index in [1.807, 2.05) is 7.05 Å². The molecule has 1 aromatic carbocycles. The van der Waals surface area contributed by atoms with Crippen molar-refractivity contribution in [2.75, 3.05) is 7.05 Å². The summed E-state index contributed by atoms with van der Waals surface area (Å²) in [6, 6.07) is 10.9. The Kier molecular flexibility index (Phi) is 5.45. The third kappa shape index (κ3) is 3.67. The fourth-order valence-corrected chi connectivity index (χ4v) is 4.67. The molecule has 96 valence electrons. The topological polar surface area (TPSA) is 12.0 Å². The van der Waals surface area contributed by atoms with Gasteiger partial charge in [0.15, 0.2) is 0 Å². The molecule has 0 saturated carbocycles. The van der Waals surface area contributed by atoms with Gasteiger partial charge in [-0.25, -0.2) is 0 Å². The lowest BCUT2D eigenvalue weighted by atomic mass is 10.0. The largest absolute Gasteiger partial charge is 0.313 e. The molecule has 0 spiro atoms. The Morgan fingerprint density at radius 1 is 1.17 bits per heavy atom. The van der Waals surface area contributed by atoms with Crippen molar-refractivity contribution in [3.05, 3.63) is 53.5 Å². The molecule has 2 aromatic rings. The molecule has 0 bridgehead atoms. The van der Waals surface area contributed by atoms with Gasteiger partial charge >= 0.3 is 0 Å². The van der Waals surface area contributed by atoms with Gasteiger partial charge in [0.2, 0.25) is 0 Å². The molecule has 0 fully saturated rings. The quantitative estimate of drug-likeness (QED) is 0.641. The van der Waals surface area contributed by atoms with Gasteiger partial charge in [-0.05, 0) is 52.8 Å². The minimum Gasteiger partial charge on any atom is -0.313 e. The van der Waals surface area contributed by atoms with Crippen molar-refractivity contribution in [3.63, 3.8) is 0 Å². The van der Waals surface area contributed by atoms with E-state index in [0.717, 1.165) is 15.4 Å². The minimum atomic E-state index is 0.318. The summed E-state index contributed by atoms with van der Waals surface area (Å²) >= 11 is 12.4. The van der Waals surface area contributed by atoms with E-state index < -0.39 is 0 Å². The van der Waals surface area contributed by atoms with Crippen LogP contribution in [0.15, 0.2) is 43.1 Å². The highest BCUT2D eigenvalue weighted by Gasteiger charge is 2.14. The molecule has 1 aromatic heterocycles. The highest BCUT2D eigenvalue weighted by Crippen LogP contribution is 2.31. The third-order valence-corrected chi connectivity index (χ3v) is 5.55. The van der Waals surface area contributed by atoms with Gasteiger partial charge in [-0.15, -0.1) is 11.3 Å². The minimum absolute atomic E-state index is 0.318. The van der Waals surface area contributed by atoms with E-state index >= 15 is 0 Å². The predicted octanol–water partition coefficient (Wildman–Crippen LogP) is 5.54. The summed E-state index contributed by atoms with van der Waals surface area (Å²) in [6.45, 7) is 0. The molecule has 5 heteroatoms. The Balaban J connectivity index is 2.22. The first-order valence-electron chi connectivity index (χ1n) is 5.46. The smallest absolute Gasteiger partial charge is 0.0701 e. The Morgan fingerprint density at radius 2 is 1.94 bits per heavy atom. The third-order valence-electron chi connectivity index (χ3n) is 2.72. The molecule has 0 radical (unpaired) electrons. The first-order chi connectivity index (χ1) is 8.60. The number of nitrogens with one attached hydrogen (secondary N) is 1. The van der Waals surface area contributed by atoms with Gasteiger partial charge < -0.3 is 5.32 Å². The molecule has 0 saturated heterocycles. The summed E-state index contributed by atoms with van der Waals surface area (Å²) in [5.74, 6) is 0. The molecule has 0 aliphatic heterocycles. The van der Waals surface area contributed by atoms with E-state index in [4.69, 9.17) is 0 Å². The van der Waals surface area contributed by atoms with Gasteiger partial charge in [0.1, 0.15) is 0 Å². The van der Waals surface area contributed by atoms with Crippen LogP contribution in [0.2, 0.25) is 0 Å². The van der Waals surface area contributed by atoms with Crippen molar-refractivity contribution in [2.24, 2.45) is 0 Å². The molecule has 1 nitrogen and oxygen atoms in total. The van der Waals surface area contributed by atoms with Crippen LogP contribution in [0.25, 0.3) is 0 Å². The first kappa shape index (κ1) is 14.7. The Bertz CT molecular complexity index is 539. The van der Waals surface area contributed by atoms with Crippen LogP contribution in [0.5, 0.6) is 0 Å². The van der Waals surface area contributed by atoms with Crippen LogP contribution in [-0.2, 0) is 6.42 Å². The van der Waals surface area contributed by atoms with Crippen molar-refractivity contribution >= 4 is 59.1 Å². The molecule has 1 heterocycles. The van der Waals surface area contributed by atoms with Gasteiger partial charge in [-0.1, -0.05) is 37.9 Å². The van der Waals surface area contributed by atoms with E-state index in [1.54, 1.807) is 11.3 Å². The zero-order chi connectivity index (χ0) is 13.1. The van der Waals surface area contributed by atoms with E-state index in [1.165, 1.54) is 14.2 Å². The molecular formula is C13H12Br3NS. The highest BCUT2D eigenvalue weighted by atomic mass is 79.9. The lowest BCUT2D eigenvalue weighted by molar-refractivity contribution is 0.594. The SMILES string of the molecule is CNC(Cc1ccc(Br)s1)c1ccc(Br)cc1Br. The maximum Gasteiger partial charge on any atom is 0.0701 e. The Labute approximate surface area is 136 Å². The lowest BCUT2D eigenvalue weighted by Crippen LogP contribution is -2.18. The van der Waals surface area contributed by atoms with Crippen molar-refractivity contribution in [1.29, 1.82) is 0 Å². The standard InChI is InChI=1S/C13H12Br3NS/c1-17-12(7-9-3-5-13(16)18-9)10-4-2-8(14)6-11(10)15/h2-6,12,17H,7H2,1H3. The normalized spacial score (nSPS) is 12.7. The average molecular weight is 454 g/mol. The lowest BCUT2D eigenvalue weighted by Gasteiger charge is -2.17. The summed E-state index contributed by atoms with van der Waals surface area (Å²) in [4.78, 5) is 1.37. The van der Waals surface area contributed by atoms with E-state index in [2.05, 4.69) is 83.4 Å². The maximum atomic E-state index is 3.63. The summed E-state index contributed by atoms with van der Waals surface area (Å²) in [7, 11) is 2.00. The van der Waals surface area contributed by atoms with Crippen molar-refractivity contribution in [2.45, 2.75) is 12.5 Å². The van der Waals surface area contributed by atoms with Crippen LogP contribution in [-0.4, -0.2) is 7.05 Å². The van der Waals surface area contributed by atoms with E-state index in [0.29, 0.717) is 6.04 Å². The summed E-state index contributed by atoms with van der Waals surface area (Å²) in [6.07, 6.45) is 0.993. The summed E-state index contributed by atoms with van der Waals surface area (Å²) in [5, 5.41) is 3.38. The first-order valence-corrected chi connectivity index (χ1v) is 8.66. The number of hydrogen-bond donors (Lipinski definition) is 1. The summed E-state index contributed by atoms with van der Waals surface area (Å²) < 4.78 is 3.40. The zero-order valence-corrected chi connectivity index (χ0v) is 15.3. The summed E-state index contributed by atoms with van der Waals surface area (Å²) in [5.41, 5.74) is 1.28. The van der Waals surface area contributed by atoms with Crippen LogP contribution in [0, 0.1) is 0 Å². The van der Waals surface area contributed by atoms with Crippen LogP contribution in [0.1, 0.15) is 16.5 Å². The monoisotopic (exact) mass is 451 g/mol. The molecule has 18 heavy (non-hydrogen) atoms. The molecule has 0 amide bonds. The molecule has 2 rings (SSSR count). The second kappa shape index (κ2) is 6.66. The molecule has 1 N–H and O–H groups in total. The van der Waals surface area contributed by atoms with Crippen molar-refractivity contribution in [3.8, 4) is 0 Å². The maximum absolute atomic E-state index is 3.63. The average Bonchev–Trinajstić information content (AvgIpc) is 2.72. The van der Waals surface area contributed by atoms with E-state index in [9.17, 15) is 0 Å². The number of hydrogen-bond acceptors (Lipinski definition) is 2. The van der Waals surface area contributed by atoms with Crippen LogP contribution >= 0.6 is 59.1 Å². The Hall–Kier alpha value is 0.320. The second-order valence-corrected chi connectivity index (χ2v) is 8.23. The molecular weight excluding hydrogens is 442 g/mol. The predicted molar refractivity (Wildman–Crippen MR) is 89.4 cm³/mol. The van der Waals surface area contributed by atoms with Gasteiger partial charge in [-0.2, -0.15) is 0 Å². The van der Waals surface area contributed by atoms with Gasteiger partial charge in [0.05, 0.1) is 3.79 Å². The van der Waals surface area contributed by atoms with Gasteiger partial charge in [0, 0.05) is 26.3 Å².